The van der Waals surface area contributed by atoms with Crippen molar-refractivity contribution < 1.29 is 21.9 Å². The van der Waals surface area contributed by atoms with E-state index in [0.29, 0.717) is 38.8 Å². The maximum atomic E-state index is 13.2. The van der Waals surface area contributed by atoms with Gasteiger partial charge in [-0.3, -0.25) is 0 Å². The Morgan fingerprint density at radius 1 is 0.923 bits per heavy atom. The van der Waals surface area contributed by atoms with Gasteiger partial charge in [0.25, 0.3) is 10.2 Å². The first kappa shape index (κ1) is 19.5. The van der Waals surface area contributed by atoms with Crippen LogP contribution < -0.4 is 9.46 Å². The Morgan fingerprint density at radius 3 is 2.08 bits per heavy atom. The van der Waals surface area contributed by atoms with Crippen molar-refractivity contribution >= 4 is 10.2 Å². The largest absolute Gasteiger partial charge is 0.490 e. The van der Waals surface area contributed by atoms with E-state index in [2.05, 4.69) is 4.72 Å². The van der Waals surface area contributed by atoms with Crippen molar-refractivity contribution in [2.24, 2.45) is 0 Å². The summed E-state index contributed by atoms with van der Waals surface area (Å²) in [6.07, 6.45) is 6.40. The van der Waals surface area contributed by atoms with E-state index in [0.717, 1.165) is 43.9 Å². The van der Waals surface area contributed by atoms with Crippen LogP contribution in [0, 0.1) is 11.6 Å². The van der Waals surface area contributed by atoms with Crippen LogP contribution in [0.25, 0.3) is 0 Å². The Balaban J connectivity index is 1.50. The molecule has 0 amide bonds. The van der Waals surface area contributed by atoms with Gasteiger partial charge in [0, 0.05) is 37.3 Å². The summed E-state index contributed by atoms with van der Waals surface area (Å²) < 4.78 is 61.6. The first-order valence-corrected chi connectivity index (χ1v) is 10.8. The minimum atomic E-state index is -3.45. The molecule has 1 aliphatic heterocycles. The standard InChI is InChI=1S/C18H26F2N2O3S/c19-14-11-15(20)13-18(12-14)25-17-7-5-16(6-8-17)21-26(23,24)22-9-3-1-2-4-10-22/h11-13,16-17,21H,1-10H2. The molecule has 2 aliphatic rings. The summed E-state index contributed by atoms with van der Waals surface area (Å²) >= 11 is 0. The Labute approximate surface area is 153 Å². The van der Waals surface area contributed by atoms with Crippen LogP contribution in [0.2, 0.25) is 0 Å². The molecule has 1 aromatic rings. The summed E-state index contributed by atoms with van der Waals surface area (Å²) in [7, 11) is -3.45. The quantitative estimate of drug-likeness (QED) is 0.841. The molecule has 0 bridgehead atoms. The van der Waals surface area contributed by atoms with E-state index in [1.54, 1.807) is 4.31 Å². The van der Waals surface area contributed by atoms with Crippen LogP contribution in [-0.2, 0) is 10.2 Å². The lowest BCUT2D eigenvalue weighted by molar-refractivity contribution is 0.143. The summed E-state index contributed by atoms with van der Waals surface area (Å²) in [6, 6.07) is 3.02. The fourth-order valence-corrected chi connectivity index (χ4v) is 5.20. The van der Waals surface area contributed by atoms with Gasteiger partial charge in [0.15, 0.2) is 0 Å². The Hall–Kier alpha value is -1.25. The van der Waals surface area contributed by atoms with E-state index in [-0.39, 0.29) is 17.9 Å². The third-order valence-corrected chi connectivity index (χ3v) is 6.71. The molecule has 26 heavy (non-hydrogen) atoms. The Kier molecular flexibility index (Phi) is 6.47. The summed E-state index contributed by atoms with van der Waals surface area (Å²) in [4.78, 5) is 0. The molecule has 3 rings (SSSR count). The monoisotopic (exact) mass is 388 g/mol. The van der Waals surface area contributed by atoms with Crippen LogP contribution in [0.3, 0.4) is 0 Å². The van der Waals surface area contributed by atoms with Gasteiger partial charge in [-0.2, -0.15) is 17.4 Å². The van der Waals surface area contributed by atoms with Gasteiger partial charge in [-0.1, -0.05) is 12.8 Å². The van der Waals surface area contributed by atoms with Crippen LogP contribution in [0.1, 0.15) is 51.4 Å². The molecule has 2 fully saturated rings. The second-order valence-corrected chi connectivity index (χ2v) is 8.84. The van der Waals surface area contributed by atoms with Crippen LogP contribution in [0.5, 0.6) is 5.75 Å². The number of hydrogen-bond acceptors (Lipinski definition) is 3. The van der Waals surface area contributed by atoms with Gasteiger partial charge < -0.3 is 4.74 Å². The lowest BCUT2D eigenvalue weighted by atomic mass is 9.94. The third kappa shape index (κ3) is 5.37. The van der Waals surface area contributed by atoms with Crippen LogP contribution in [0.15, 0.2) is 18.2 Å². The zero-order valence-corrected chi connectivity index (χ0v) is 15.6. The van der Waals surface area contributed by atoms with Gasteiger partial charge >= 0.3 is 0 Å². The van der Waals surface area contributed by atoms with Gasteiger partial charge in [-0.05, 0) is 38.5 Å². The fourth-order valence-electron chi connectivity index (χ4n) is 3.65. The van der Waals surface area contributed by atoms with Gasteiger partial charge in [0.1, 0.15) is 17.4 Å². The van der Waals surface area contributed by atoms with E-state index in [1.165, 1.54) is 0 Å². The van der Waals surface area contributed by atoms with E-state index >= 15 is 0 Å². The molecule has 1 saturated carbocycles. The maximum absolute atomic E-state index is 13.2. The second kappa shape index (κ2) is 8.63. The number of benzene rings is 1. The number of rotatable bonds is 5. The predicted molar refractivity (Wildman–Crippen MR) is 95.1 cm³/mol. The maximum Gasteiger partial charge on any atom is 0.279 e. The average molecular weight is 388 g/mol. The van der Waals surface area contributed by atoms with Crippen molar-refractivity contribution in [2.75, 3.05) is 13.1 Å². The van der Waals surface area contributed by atoms with Crippen molar-refractivity contribution in [1.82, 2.24) is 9.03 Å². The number of ether oxygens (including phenoxy) is 1. The molecule has 1 N–H and O–H groups in total. The smallest absolute Gasteiger partial charge is 0.279 e. The van der Waals surface area contributed by atoms with E-state index in [4.69, 9.17) is 4.74 Å². The number of halogens is 2. The molecule has 0 radical (unpaired) electrons. The first-order valence-electron chi connectivity index (χ1n) is 9.32. The zero-order valence-electron chi connectivity index (χ0n) is 14.8. The lowest BCUT2D eigenvalue weighted by Crippen LogP contribution is -2.47. The van der Waals surface area contributed by atoms with Gasteiger partial charge in [-0.15, -0.1) is 0 Å². The molecule has 0 aromatic heterocycles. The number of nitrogens with zero attached hydrogens (tertiary/aromatic N) is 1. The van der Waals surface area contributed by atoms with Crippen molar-refractivity contribution in [2.45, 2.75) is 63.5 Å². The molecular formula is C18H26F2N2O3S. The van der Waals surface area contributed by atoms with Crippen molar-refractivity contribution in [3.8, 4) is 5.75 Å². The SMILES string of the molecule is O=S(=O)(NC1CCC(Oc2cc(F)cc(F)c2)CC1)N1CCCCCC1. The van der Waals surface area contributed by atoms with Crippen LogP contribution in [-0.4, -0.2) is 38.0 Å². The van der Waals surface area contributed by atoms with Crippen molar-refractivity contribution in [3.05, 3.63) is 29.8 Å². The van der Waals surface area contributed by atoms with Crippen LogP contribution in [0.4, 0.5) is 8.78 Å². The fraction of sp³-hybridized carbons (Fsp3) is 0.667. The highest BCUT2D eigenvalue weighted by molar-refractivity contribution is 7.87. The molecule has 1 saturated heterocycles. The van der Waals surface area contributed by atoms with E-state index < -0.39 is 21.8 Å². The predicted octanol–water partition coefficient (Wildman–Crippen LogP) is 3.37. The molecule has 5 nitrogen and oxygen atoms in total. The minimum absolute atomic E-state index is 0.118. The van der Waals surface area contributed by atoms with Crippen LogP contribution >= 0.6 is 0 Å². The minimum Gasteiger partial charge on any atom is -0.490 e. The molecule has 0 spiro atoms. The van der Waals surface area contributed by atoms with Gasteiger partial charge in [0.05, 0.1) is 6.10 Å². The van der Waals surface area contributed by atoms with Crippen molar-refractivity contribution in [1.29, 1.82) is 0 Å². The molecule has 0 atom stereocenters. The Morgan fingerprint density at radius 2 is 1.50 bits per heavy atom. The topological polar surface area (TPSA) is 58.6 Å². The molecule has 1 aliphatic carbocycles. The molecule has 146 valence electrons. The van der Waals surface area contributed by atoms with Gasteiger partial charge in [0.2, 0.25) is 0 Å². The zero-order chi connectivity index (χ0) is 18.6. The number of nitrogens with one attached hydrogen (secondary N) is 1. The highest BCUT2D eigenvalue weighted by Gasteiger charge is 2.29. The molecule has 1 aromatic carbocycles. The molecular weight excluding hydrogens is 362 g/mol. The third-order valence-electron chi connectivity index (χ3n) is 5.03. The highest BCUT2D eigenvalue weighted by atomic mass is 32.2. The molecule has 0 unspecified atom stereocenters. The highest BCUT2D eigenvalue weighted by Crippen LogP contribution is 2.26. The second-order valence-electron chi connectivity index (χ2n) is 7.13. The number of hydrogen-bond donors (Lipinski definition) is 1. The lowest BCUT2D eigenvalue weighted by Gasteiger charge is -2.31. The molecule has 1 heterocycles. The average Bonchev–Trinajstić information content (AvgIpc) is 2.85. The van der Waals surface area contributed by atoms with Crippen molar-refractivity contribution in [3.63, 3.8) is 0 Å². The summed E-state index contributed by atoms with van der Waals surface area (Å²) in [5.41, 5.74) is 0. The summed E-state index contributed by atoms with van der Waals surface area (Å²) in [5, 5.41) is 0. The normalized spacial score (nSPS) is 25.6. The van der Waals surface area contributed by atoms with Gasteiger partial charge in [-0.25, -0.2) is 8.78 Å². The molecule has 8 heteroatoms. The Bertz CT molecular complexity index is 678. The van der Waals surface area contributed by atoms with E-state index in [9.17, 15) is 17.2 Å². The summed E-state index contributed by atoms with van der Waals surface area (Å²) in [5.74, 6) is -1.16. The first-order chi connectivity index (χ1) is 12.4. The van der Waals surface area contributed by atoms with E-state index in [1.807, 2.05) is 0 Å². The summed E-state index contributed by atoms with van der Waals surface area (Å²) in [6.45, 7) is 1.16.